The Morgan fingerprint density at radius 3 is 1.75 bits per heavy atom. The maximum Gasteiger partial charge on any atom is 0.288 e. The summed E-state index contributed by atoms with van der Waals surface area (Å²) in [5.41, 5.74) is 0. The van der Waals surface area contributed by atoms with Crippen LogP contribution >= 0.6 is 0 Å². The van der Waals surface area contributed by atoms with Gasteiger partial charge in [-0.3, -0.25) is 0 Å². The molecular weight excluding hydrogens is 408 g/mol. The molecule has 6 atom stereocenters. The summed E-state index contributed by atoms with van der Waals surface area (Å²) in [6.45, 7) is 5.75. The molecule has 2 rings (SSSR count). The molecule has 0 amide bonds. The number of aliphatic hydroxyl groups is 4. The fourth-order valence-electron chi connectivity index (χ4n) is 4.87. The highest BCUT2D eigenvalue weighted by Gasteiger charge is 2.57. The number of aliphatic imine (C=N–C) groups is 1. The molecule has 0 bridgehead atoms. The molecule has 1 heterocycles. The van der Waals surface area contributed by atoms with E-state index in [0.717, 1.165) is 25.7 Å². The van der Waals surface area contributed by atoms with Crippen molar-refractivity contribution >= 4 is 6.02 Å². The zero-order valence-electron chi connectivity index (χ0n) is 20.4. The minimum absolute atomic E-state index is 0.441. The first-order valence-electron chi connectivity index (χ1n) is 13.2. The van der Waals surface area contributed by atoms with Gasteiger partial charge in [0.15, 0.2) is 6.10 Å². The molecule has 7 heteroatoms. The fourth-order valence-corrected chi connectivity index (χ4v) is 4.87. The summed E-state index contributed by atoms with van der Waals surface area (Å²) in [7, 11) is 0. The smallest absolute Gasteiger partial charge is 0.288 e. The molecule has 1 aliphatic heterocycles. The van der Waals surface area contributed by atoms with Crippen LogP contribution in [-0.2, 0) is 4.74 Å². The first kappa shape index (κ1) is 27.4. The highest BCUT2D eigenvalue weighted by molar-refractivity contribution is 5.77. The number of hydrogen-bond acceptors (Lipinski definition) is 6. The maximum absolute atomic E-state index is 10.6. The van der Waals surface area contributed by atoms with Crippen LogP contribution in [-0.4, -0.2) is 81.0 Å². The van der Waals surface area contributed by atoms with Crippen molar-refractivity contribution < 1.29 is 25.2 Å². The largest absolute Gasteiger partial charge is 0.457 e. The van der Waals surface area contributed by atoms with Gasteiger partial charge in [0.2, 0.25) is 0 Å². The zero-order chi connectivity index (χ0) is 23.3. The molecule has 1 aliphatic carbocycles. The second-order valence-electron chi connectivity index (χ2n) is 9.64. The van der Waals surface area contributed by atoms with E-state index in [4.69, 9.17) is 4.74 Å². The molecule has 2 fully saturated rings. The van der Waals surface area contributed by atoms with E-state index in [-0.39, 0.29) is 0 Å². The van der Waals surface area contributed by atoms with E-state index in [2.05, 4.69) is 18.8 Å². The minimum atomic E-state index is -1.42. The van der Waals surface area contributed by atoms with E-state index >= 15 is 0 Å². The van der Waals surface area contributed by atoms with E-state index in [1.807, 2.05) is 4.90 Å². The van der Waals surface area contributed by atoms with Crippen molar-refractivity contribution in [1.29, 1.82) is 0 Å². The summed E-state index contributed by atoms with van der Waals surface area (Å²) in [4.78, 5) is 6.57. The van der Waals surface area contributed by atoms with Gasteiger partial charge in [-0.25, -0.2) is 4.99 Å². The summed E-state index contributed by atoms with van der Waals surface area (Å²) in [6, 6.07) is -0.146. The van der Waals surface area contributed by atoms with Gasteiger partial charge in [0.1, 0.15) is 30.5 Å². The number of aliphatic hydroxyl groups excluding tert-OH is 4. The molecule has 32 heavy (non-hydrogen) atoms. The third-order valence-electron chi connectivity index (χ3n) is 6.93. The second-order valence-corrected chi connectivity index (χ2v) is 9.64. The van der Waals surface area contributed by atoms with Gasteiger partial charge in [-0.15, -0.1) is 0 Å². The van der Waals surface area contributed by atoms with E-state index in [0.29, 0.717) is 19.1 Å². The molecule has 0 aromatic carbocycles. The van der Waals surface area contributed by atoms with Crippen LogP contribution < -0.4 is 0 Å². The van der Waals surface area contributed by atoms with Crippen LogP contribution in [0, 0.1) is 0 Å². The first-order chi connectivity index (χ1) is 15.5. The molecular formula is C25H48N2O5. The Labute approximate surface area is 194 Å². The van der Waals surface area contributed by atoms with Crippen LogP contribution in [0.2, 0.25) is 0 Å². The number of rotatable bonds is 16. The van der Waals surface area contributed by atoms with E-state index < -0.39 is 36.6 Å². The Hall–Kier alpha value is -0.890. The van der Waals surface area contributed by atoms with Crippen molar-refractivity contribution in [3.8, 4) is 0 Å². The van der Waals surface area contributed by atoms with E-state index in [1.165, 1.54) is 64.2 Å². The van der Waals surface area contributed by atoms with Gasteiger partial charge < -0.3 is 30.1 Å². The summed E-state index contributed by atoms with van der Waals surface area (Å²) in [6.07, 6.45) is 10.7. The molecule has 2 aliphatic rings. The van der Waals surface area contributed by atoms with E-state index in [1.54, 1.807) is 0 Å². The van der Waals surface area contributed by atoms with Gasteiger partial charge in [-0.05, 0) is 12.8 Å². The third-order valence-corrected chi connectivity index (χ3v) is 6.93. The predicted molar refractivity (Wildman–Crippen MR) is 128 cm³/mol. The summed E-state index contributed by atoms with van der Waals surface area (Å²) < 4.78 is 5.94. The van der Waals surface area contributed by atoms with Crippen LogP contribution in [0.15, 0.2) is 4.99 Å². The molecule has 0 unspecified atom stereocenters. The van der Waals surface area contributed by atoms with Crippen molar-refractivity contribution in [3.63, 3.8) is 0 Å². The van der Waals surface area contributed by atoms with Crippen LogP contribution in [0.1, 0.15) is 104 Å². The normalized spacial score (nSPS) is 31.2. The number of nitrogens with zero attached hydrogens (tertiary/aromatic N) is 2. The Balaban J connectivity index is 1.90. The van der Waals surface area contributed by atoms with Crippen molar-refractivity contribution in [1.82, 2.24) is 4.90 Å². The lowest BCUT2D eigenvalue weighted by Crippen LogP contribution is -2.65. The Kier molecular flexibility index (Phi) is 12.9. The Bertz CT molecular complexity index is 532. The van der Waals surface area contributed by atoms with Crippen molar-refractivity contribution in [2.75, 3.05) is 13.1 Å². The van der Waals surface area contributed by atoms with Crippen LogP contribution in [0.5, 0.6) is 0 Å². The number of hydrogen-bond donors (Lipinski definition) is 4. The molecule has 0 spiro atoms. The molecule has 1 saturated carbocycles. The average Bonchev–Trinajstić information content (AvgIpc) is 3.16. The predicted octanol–water partition coefficient (Wildman–Crippen LogP) is 3.37. The molecule has 0 aromatic rings. The third kappa shape index (κ3) is 7.86. The lowest BCUT2D eigenvalue weighted by Gasteiger charge is -2.41. The lowest BCUT2D eigenvalue weighted by molar-refractivity contribution is -0.182. The van der Waals surface area contributed by atoms with Crippen LogP contribution in [0.25, 0.3) is 0 Å². The highest BCUT2D eigenvalue weighted by atomic mass is 16.5. The van der Waals surface area contributed by atoms with Crippen LogP contribution in [0.4, 0.5) is 0 Å². The van der Waals surface area contributed by atoms with Gasteiger partial charge in [0, 0.05) is 13.1 Å². The molecule has 188 valence electrons. The van der Waals surface area contributed by atoms with Crippen LogP contribution in [0.3, 0.4) is 0 Å². The fraction of sp³-hybridized carbons (Fsp3) is 0.960. The first-order valence-corrected chi connectivity index (χ1v) is 13.2. The zero-order valence-corrected chi connectivity index (χ0v) is 20.4. The molecule has 0 radical (unpaired) electrons. The topological polar surface area (TPSA) is 106 Å². The SMILES string of the molecule is CCCCCCCCCN=C1O[C@H]2[C@H](O)[C@@H](O)[C@H](O)[C@@H](O)[C@H]2N1CCCCCCCCC. The average molecular weight is 457 g/mol. The Morgan fingerprint density at radius 1 is 0.656 bits per heavy atom. The second kappa shape index (κ2) is 15.1. The molecule has 0 aromatic heterocycles. The van der Waals surface area contributed by atoms with Gasteiger partial charge in [-0.1, -0.05) is 90.9 Å². The summed E-state index contributed by atoms with van der Waals surface area (Å²) in [5.74, 6) is 0. The monoisotopic (exact) mass is 456 g/mol. The summed E-state index contributed by atoms with van der Waals surface area (Å²) in [5, 5.41) is 41.4. The quantitative estimate of drug-likeness (QED) is 0.265. The standard InChI is InChI=1S/C25H48N2O5/c1-3-5-7-9-11-13-15-17-26-25-27(18-16-14-12-10-8-6-4-2)19-20(28)21(29)22(30)23(31)24(19)32-25/h19-24,28-31H,3-18H2,1-2H3/t19-,20+,21-,22+,23-,24-/m1/s1. The number of unbranched alkanes of at least 4 members (excludes halogenated alkanes) is 12. The van der Waals surface area contributed by atoms with Gasteiger partial charge >= 0.3 is 0 Å². The molecule has 1 saturated heterocycles. The summed E-state index contributed by atoms with van der Waals surface area (Å²) >= 11 is 0. The van der Waals surface area contributed by atoms with E-state index in [9.17, 15) is 20.4 Å². The maximum atomic E-state index is 10.6. The van der Waals surface area contributed by atoms with Crippen molar-refractivity contribution in [2.45, 2.75) is 140 Å². The van der Waals surface area contributed by atoms with Crippen molar-refractivity contribution in [2.24, 2.45) is 4.99 Å². The van der Waals surface area contributed by atoms with Gasteiger partial charge in [0.25, 0.3) is 6.02 Å². The number of fused-ring (bicyclic) bond motifs is 1. The highest BCUT2D eigenvalue weighted by Crippen LogP contribution is 2.33. The van der Waals surface area contributed by atoms with Gasteiger partial charge in [-0.2, -0.15) is 0 Å². The Morgan fingerprint density at radius 2 is 1.16 bits per heavy atom. The number of ether oxygens (including phenoxy) is 1. The molecule has 4 N–H and O–H groups in total. The van der Waals surface area contributed by atoms with Crippen molar-refractivity contribution in [3.05, 3.63) is 0 Å². The minimum Gasteiger partial charge on any atom is -0.457 e. The van der Waals surface area contributed by atoms with Gasteiger partial charge in [0.05, 0.1) is 0 Å². The molecule has 7 nitrogen and oxygen atoms in total. The lowest BCUT2D eigenvalue weighted by atomic mass is 9.83. The number of amidine groups is 1.